The van der Waals surface area contributed by atoms with Crippen LogP contribution in [-0.4, -0.2) is 160 Å². The van der Waals surface area contributed by atoms with Crippen molar-refractivity contribution >= 4 is 65.1 Å². The van der Waals surface area contributed by atoms with E-state index >= 15 is 0 Å². The number of hydrogen-bond acceptors (Lipinski definition) is 12. The number of nitrogens with two attached hydrogens (primary N) is 3. The fourth-order valence-electron chi connectivity index (χ4n) is 9.22. The Morgan fingerprint density at radius 3 is 1.37 bits per heavy atom. The van der Waals surface area contributed by atoms with Gasteiger partial charge in [0, 0.05) is 19.6 Å². The van der Waals surface area contributed by atoms with Gasteiger partial charge in [0.25, 0.3) is 0 Å². The first-order valence-electron chi connectivity index (χ1n) is 27.3. The third-order valence-electron chi connectivity index (χ3n) is 13.6. The lowest BCUT2D eigenvalue weighted by Gasteiger charge is -2.32. The molecule has 11 atom stereocenters. The van der Waals surface area contributed by atoms with Crippen molar-refractivity contribution in [1.29, 1.82) is 0 Å². The van der Waals surface area contributed by atoms with Gasteiger partial charge in [0.1, 0.15) is 54.4 Å². The monoisotopic (exact) mass is 1080 g/mol. The molecule has 0 aromatic carbocycles. The minimum atomic E-state index is -1.22. The summed E-state index contributed by atoms with van der Waals surface area (Å²) >= 11 is 0. The Hall–Kier alpha value is -6.07. The molecule has 2 rings (SSSR count). The standard InChI is InChI=1S/C52H93N13O11/c1-13-31(10)41(53)50(74)65-22-16-19-40(65)47(71)59-34(17-14-20-56-52(54)55)44(68)58-32(11)42(66)57-33(12)43(67)60-35(23-27(2)3)45(69)62-37(25-29(6)7)49(73)64-21-15-18-39(64)48(72)61-36(24-28(4)5)46(70)63-38(51(75)76)26-30(8)9/h27-41H,13-26,53H2,1-12H3,(H,57,66)(H,58,68)(H,59,71)(H,60,67)(H,61,72)(H,62,69)(H,63,70)(H,75,76)(H4,54,55,56)/t31-,32-,33-,34-,35-,36-,37-,38-,39-,40-,41-/m0/s1. The number of carboxylic acid groups (broad SMARTS) is 1. The highest BCUT2D eigenvalue weighted by molar-refractivity contribution is 5.98. The van der Waals surface area contributed by atoms with Crippen LogP contribution in [0.5, 0.6) is 0 Å². The molecule has 0 saturated carbocycles. The molecule has 76 heavy (non-hydrogen) atoms. The molecule has 2 aliphatic rings. The maximum atomic E-state index is 14.4. The third kappa shape index (κ3) is 21.5. The first-order chi connectivity index (χ1) is 35.5. The summed E-state index contributed by atoms with van der Waals surface area (Å²) < 4.78 is 0. The Balaban J connectivity index is 2.21. The van der Waals surface area contributed by atoms with Gasteiger partial charge in [-0.2, -0.15) is 0 Å². The third-order valence-corrected chi connectivity index (χ3v) is 13.6. The van der Waals surface area contributed by atoms with E-state index in [4.69, 9.17) is 17.2 Å². The van der Waals surface area contributed by atoms with Crippen LogP contribution in [0.1, 0.15) is 154 Å². The average Bonchev–Trinajstić information content (AvgIpc) is 4.04. The Bertz CT molecular complexity index is 2030. The van der Waals surface area contributed by atoms with E-state index in [0.29, 0.717) is 32.2 Å². The summed E-state index contributed by atoms with van der Waals surface area (Å²) in [6.07, 6.45) is 3.42. The lowest BCUT2D eigenvalue weighted by Crippen LogP contribution is -2.60. The number of nitrogens with one attached hydrogen (secondary N) is 7. The summed E-state index contributed by atoms with van der Waals surface area (Å²) in [4.78, 5) is 143. The summed E-state index contributed by atoms with van der Waals surface area (Å²) in [5, 5.41) is 28.5. The quantitative estimate of drug-likeness (QED) is 0.0249. The molecule has 0 bridgehead atoms. The number of nitrogens with zero attached hydrogens (tertiary/aromatic N) is 3. The molecule has 24 heteroatoms. The molecule has 0 aliphatic carbocycles. The number of guanidine groups is 1. The number of aliphatic carboxylic acids is 1. The molecule has 24 nitrogen and oxygen atoms in total. The molecule has 0 radical (unpaired) electrons. The van der Waals surface area contributed by atoms with E-state index in [-0.39, 0.29) is 99.5 Å². The van der Waals surface area contributed by atoms with E-state index in [0.717, 1.165) is 0 Å². The first-order valence-corrected chi connectivity index (χ1v) is 27.3. The smallest absolute Gasteiger partial charge is 0.326 e. The average molecular weight is 1080 g/mol. The van der Waals surface area contributed by atoms with Crippen molar-refractivity contribution in [3.05, 3.63) is 0 Å². The van der Waals surface area contributed by atoms with Gasteiger partial charge in [0.2, 0.25) is 53.2 Å². The predicted octanol–water partition coefficient (Wildman–Crippen LogP) is 0.0978. The molecule has 0 aromatic rings. The van der Waals surface area contributed by atoms with E-state index in [1.54, 1.807) is 0 Å². The Kier molecular flexibility index (Phi) is 27.7. The Morgan fingerprint density at radius 1 is 0.526 bits per heavy atom. The summed E-state index contributed by atoms with van der Waals surface area (Å²) in [5.74, 6) is -7.29. The van der Waals surface area contributed by atoms with E-state index in [9.17, 15) is 53.1 Å². The molecule has 2 heterocycles. The van der Waals surface area contributed by atoms with Gasteiger partial charge in [-0.1, -0.05) is 75.7 Å². The largest absolute Gasteiger partial charge is 0.480 e. The van der Waals surface area contributed by atoms with Crippen LogP contribution in [0.2, 0.25) is 0 Å². The van der Waals surface area contributed by atoms with Gasteiger partial charge < -0.3 is 69.3 Å². The van der Waals surface area contributed by atoms with Gasteiger partial charge in [-0.05, 0) is 108 Å². The highest BCUT2D eigenvalue weighted by atomic mass is 16.4. The summed E-state index contributed by atoms with van der Waals surface area (Å²) in [6, 6.07) is -10.7. The van der Waals surface area contributed by atoms with Gasteiger partial charge in [-0.3, -0.25) is 48.1 Å². The molecular formula is C52H93N13O11. The van der Waals surface area contributed by atoms with Gasteiger partial charge in [0.05, 0.1) is 6.04 Å². The number of rotatable bonds is 31. The second kappa shape index (κ2) is 31.9. The van der Waals surface area contributed by atoms with Crippen LogP contribution in [0.25, 0.3) is 0 Å². The SMILES string of the molecule is CC[C@H](C)[C@H](N)C(=O)N1CCC[C@H]1C(=O)N[C@@H](CCCN=C(N)N)C(=O)N[C@@H](C)C(=O)N[C@@H](C)C(=O)N[C@@H](CC(C)C)C(=O)N[C@@H](CC(C)C)C(=O)N1CCC[C@H]1C(=O)N[C@@H](CC(C)C)C(=O)N[C@@H](CC(C)C)C(=O)O. The molecule has 432 valence electrons. The first kappa shape index (κ1) is 66.0. The predicted molar refractivity (Wildman–Crippen MR) is 287 cm³/mol. The van der Waals surface area contributed by atoms with Crippen LogP contribution in [-0.2, 0) is 47.9 Å². The zero-order chi connectivity index (χ0) is 57.7. The van der Waals surface area contributed by atoms with Crippen LogP contribution in [0.4, 0.5) is 0 Å². The number of likely N-dealkylation sites (tertiary alicyclic amines) is 2. The second-order valence-electron chi connectivity index (χ2n) is 22.4. The molecule has 0 aromatic heterocycles. The van der Waals surface area contributed by atoms with Gasteiger partial charge in [-0.25, -0.2) is 4.79 Å². The van der Waals surface area contributed by atoms with E-state index < -0.39 is 114 Å². The minimum Gasteiger partial charge on any atom is -0.480 e. The summed E-state index contributed by atoms with van der Waals surface area (Å²) in [7, 11) is 0. The number of hydrogen-bond donors (Lipinski definition) is 11. The van der Waals surface area contributed by atoms with Crippen molar-refractivity contribution in [2.45, 2.75) is 214 Å². The maximum absolute atomic E-state index is 14.4. The van der Waals surface area contributed by atoms with Crippen LogP contribution in [0, 0.1) is 29.6 Å². The van der Waals surface area contributed by atoms with Crippen molar-refractivity contribution in [2.75, 3.05) is 19.6 Å². The molecule has 0 spiro atoms. The highest BCUT2D eigenvalue weighted by Gasteiger charge is 2.42. The molecular weight excluding hydrogens is 983 g/mol. The van der Waals surface area contributed by atoms with E-state index in [1.165, 1.54) is 23.6 Å². The Morgan fingerprint density at radius 2 is 0.908 bits per heavy atom. The molecule has 14 N–H and O–H groups in total. The zero-order valence-electron chi connectivity index (χ0n) is 47.2. The fraction of sp³-hybridized carbons (Fsp3) is 0.788. The van der Waals surface area contributed by atoms with Crippen molar-refractivity contribution in [2.24, 2.45) is 51.8 Å². The highest BCUT2D eigenvalue weighted by Crippen LogP contribution is 2.23. The van der Waals surface area contributed by atoms with Gasteiger partial charge >= 0.3 is 5.97 Å². The van der Waals surface area contributed by atoms with Gasteiger partial charge in [0.15, 0.2) is 5.96 Å². The maximum Gasteiger partial charge on any atom is 0.326 e. The topological polar surface area (TPSA) is 372 Å². The number of carbonyl (C=O) groups is 10. The normalized spacial score (nSPS) is 19.1. The van der Waals surface area contributed by atoms with E-state index in [2.05, 4.69) is 42.2 Å². The van der Waals surface area contributed by atoms with Crippen LogP contribution < -0.4 is 54.4 Å². The van der Waals surface area contributed by atoms with Crippen LogP contribution >= 0.6 is 0 Å². The molecule has 9 amide bonds. The van der Waals surface area contributed by atoms with Gasteiger partial charge in [-0.15, -0.1) is 0 Å². The van der Waals surface area contributed by atoms with Crippen molar-refractivity contribution in [3.8, 4) is 0 Å². The summed E-state index contributed by atoms with van der Waals surface area (Å²) in [5.41, 5.74) is 17.2. The minimum absolute atomic E-state index is 0.0249. The number of aliphatic imine (C=N–C) groups is 1. The number of amides is 9. The van der Waals surface area contributed by atoms with E-state index in [1.807, 2.05) is 69.2 Å². The molecule has 2 fully saturated rings. The molecule has 2 aliphatic heterocycles. The number of carboxylic acids is 1. The zero-order valence-corrected chi connectivity index (χ0v) is 47.2. The van der Waals surface area contributed by atoms with Crippen molar-refractivity contribution < 1.29 is 53.1 Å². The van der Waals surface area contributed by atoms with Crippen molar-refractivity contribution in [3.63, 3.8) is 0 Å². The lowest BCUT2D eigenvalue weighted by atomic mass is 9.98. The Labute approximate surface area is 449 Å². The number of carbonyl (C=O) groups excluding carboxylic acids is 9. The molecule has 2 saturated heterocycles. The summed E-state index contributed by atoms with van der Waals surface area (Å²) in [6.45, 7) is 22.1. The van der Waals surface area contributed by atoms with Crippen LogP contribution in [0.3, 0.4) is 0 Å². The van der Waals surface area contributed by atoms with Crippen LogP contribution in [0.15, 0.2) is 4.99 Å². The molecule has 0 unspecified atom stereocenters. The fourth-order valence-corrected chi connectivity index (χ4v) is 9.22. The lowest BCUT2D eigenvalue weighted by molar-refractivity contribution is -0.144. The second-order valence-corrected chi connectivity index (χ2v) is 22.4. The van der Waals surface area contributed by atoms with Crippen molar-refractivity contribution in [1.82, 2.24) is 47.0 Å².